The van der Waals surface area contributed by atoms with Gasteiger partial charge in [-0.2, -0.15) is 5.10 Å². The summed E-state index contributed by atoms with van der Waals surface area (Å²) in [7, 11) is 0. The minimum atomic E-state index is -1.15. The fourth-order valence-electron chi connectivity index (χ4n) is 2.25. The predicted octanol–water partition coefficient (Wildman–Crippen LogP) is 1.75. The van der Waals surface area contributed by atoms with Crippen LogP contribution in [0, 0.1) is 5.41 Å². The van der Waals surface area contributed by atoms with E-state index in [0.717, 1.165) is 12.8 Å². The van der Waals surface area contributed by atoms with E-state index in [2.05, 4.69) is 18.9 Å². The zero-order valence-corrected chi connectivity index (χ0v) is 9.30. The summed E-state index contributed by atoms with van der Waals surface area (Å²) < 4.78 is 1.61. The highest BCUT2D eigenvalue weighted by Crippen LogP contribution is 2.47. The van der Waals surface area contributed by atoms with E-state index in [-0.39, 0.29) is 17.3 Å². The summed E-state index contributed by atoms with van der Waals surface area (Å²) in [5, 5.41) is 12.8. The first-order chi connectivity index (χ1) is 7.43. The molecule has 0 atom stereocenters. The van der Waals surface area contributed by atoms with E-state index in [1.54, 1.807) is 4.68 Å². The molecule has 1 aliphatic rings. The third kappa shape index (κ3) is 1.73. The zero-order chi connectivity index (χ0) is 11.9. The van der Waals surface area contributed by atoms with Gasteiger partial charge in [-0.25, -0.2) is 4.79 Å². The molecule has 0 amide bonds. The average molecular weight is 222 g/mol. The van der Waals surface area contributed by atoms with Crippen LogP contribution in [-0.4, -0.2) is 27.1 Å². The number of carbonyl (C=O) groups excluding carboxylic acids is 1. The van der Waals surface area contributed by atoms with Gasteiger partial charge in [-0.05, 0) is 18.3 Å². The molecule has 1 fully saturated rings. The van der Waals surface area contributed by atoms with Gasteiger partial charge in [0.2, 0.25) is 0 Å². The Kier molecular flexibility index (Phi) is 2.33. The summed E-state index contributed by atoms with van der Waals surface area (Å²) in [6, 6.07) is 0.224. The molecule has 0 aliphatic heterocycles. The third-order valence-electron chi connectivity index (χ3n) is 3.04. The van der Waals surface area contributed by atoms with Crippen LogP contribution in [0.5, 0.6) is 0 Å². The van der Waals surface area contributed by atoms with Crippen molar-refractivity contribution in [3.8, 4) is 0 Å². The van der Waals surface area contributed by atoms with Crippen molar-refractivity contribution in [2.75, 3.05) is 0 Å². The Morgan fingerprint density at radius 2 is 2.25 bits per heavy atom. The Bertz CT molecular complexity index is 440. The van der Waals surface area contributed by atoms with E-state index in [1.807, 2.05) is 0 Å². The molecule has 0 saturated heterocycles. The van der Waals surface area contributed by atoms with Crippen LogP contribution < -0.4 is 0 Å². The summed E-state index contributed by atoms with van der Waals surface area (Å²) in [5.74, 6) is -1.15. The topological polar surface area (TPSA) is 72.2 Å². The molecule has 1 aliphatic carbocycles. The standard InChI is InChI=1S/C11H14N2O3/c1-11(2)3-8(4-11)13-5-7(6-14)9(12-13)10(15)16/h5-6,8H,3-4H2,1-2H3,(H,15,16). The monoisotopic (exact) mass is 222 g/mol. The van der Waals surface area contributed by atoms with Gasteiger partial charge in [-0.15, -0.1) is 0 Å². The normalized spacial score (nSPS) is 19.1. The lowest BCUT2D eigenvalue weighted by Gasteiger charge is -2.42. The predicted molar refractivity (Wildman–Crippen MR) is 56.6 cm³/mol. The summed E-state index contributed by atoms with van der Waals surface area (Å²) in [6.45, 7) is 4.32. The van der Waals surface area contributed by atoms with Crippen molar-refractivity contribution in [1.29, 1.82) is 0 Å². The van der Waals surface area contributed by atoms with Crippen LogP contribution in [0.4, 0.5) is 0 Å². The van der Waals surface area contributed by atoms with Crippen molar-refractivity contribution in [2.24, 2.45) is 5.41 Å². The lowest BCUT2D eigenvalue weighted by Crippen LogP contribution is -2.33. The molecular weight excluding hydrogens is 208 g/mol. The van der Waals surface area contributed by atoms with Crippen LogP contribution in [0.1, 0.15) is 53.6 Å². The molecule has 1 N–H and O–H groups in total. The maximum absolute atomic E-state index is 10.8. The summed E-state index contributed by atoms with van der Waals surface area (Å²) in [6.07, 6.45) is 3.99. The maximum atomic E-state index is 10.8. The number of carboxylic acid groups (broad SMARTS) is 1. The van der Waals surface area contributed by atoms with E-state index in [4.69, 9.17) is 5.11 Å². The zero-order valence-electron chi connectivity index (χ0n) is 9.30. The molecule has 0 radical (unpaired) electrons. The van der Waals surface area contributed by atoms with E-state index < -0.39 is 5.97 Å². The second-order valence-corrected chi connectivity index (χ2v) is 5.06. The molecule has 1 saturated carbocycles. The Balaban J connectivity index is 2.24. The van der Waals surface area contributed by atoms with Gasteiger partial charge in [0.25, 0.3) is 0 Å². The Hall–Kier alpha value is -1.65. The van der Waals surface area contributed by atoms with Crippen molar-refractivity contribution in [3.63, 3.8) is 0 Å². The molecule has 2 rings (SSSR count). The lowest BCUT2D eigenvalue weighted by atomic mass is 9.68. The summed E-state index contributed by atoms with van der Waals surface area (Å²) >= 11 is 0. The lowest BCUT2D eigenvalue weighted by molar-refractivity contribution is 0.0680. The van der Waals surface area contributed by atoms with Gasteiger partial charge < -0.3 is 5.11 Å². The number of aldehydes is 1. The van der Waals surface area contributed by atoms with Gasteiger partial charge in [0.1, 0.15) is 0 Å². The highest BCUT2D eigenvalue weighted by molar-refractivity contribution is 5.95. The first kappa shape index (κ1) is 10.9. The Morgan fingerprint density at radius 1 is 1.62 bits per heavy atom. The van der Waals surface area contributed by atoms with Gasteiger partial charge in [0.05, 0.1) is 11.6 Å². The number of hydrogen-bond donors (Lipinski definition) is 1. The number of rotatable bonds is 3. The number of aromatic carboxylic acids is 1. The van der Waals surface area contributed by atoms with Crippen LogP contribution in [0.15, 0.2) is 6.20 Å². The third-order valence-corrected chi connectivity index (χ3v) is 3.04. The van der Waals surface area contributed by atoms with Gasteiger partial charge in [-0.3, -0.25) is 9.48 Å². The van der Waals surface area contributed by atoms with Crippen LogP contribution in [0.25, 0.3) is 0 Å². The molecule has 1 heterocycles. The number of carboxylic acids is 1. The van der Waals surface area contributed by atoms with Crippen molar-refractivity contribution < 1.29 is 14.7 Å². The van der Waals surface area contributed by atoms with Crippen molar-refractivity contribution in [3.05, 3.63) is 17.5 Å². The molecule has 5 nitrogen and oxygen atoms in total. The second kappa shape index (κ2) is 3.43. The minimum absolute atomic E-state index is 0.150. The minimum Gasteiger partial charge on any atom is -0.476 e. The van der Waals surface area contributed by atoms with Crippen LogP contribution in [0.2, 0.25) is 0 Å². The highest BCUT2D eigenvalue weighted by atomic mass is 16.4. The average Bonchev–Trinajstić information content (AvgIpc) is 2.57. The molecule has 0 aromatic carbocycles. The first-order valence-corrected chi connectivity index (χ1v) is 5.20. The summed E-state index contributed by atoms with van der Waals surface area (Å²) in [4.78, 5) is 21.5. The molecule has 1 aromatic rings. The molecule has 1 aromatic heterocycles. The molecule has 0 spiro atoms. The van der Waals surface area contributed by atoms with E-state index in [9.17, 15) is 9.59 Å². The number of carbonyl (C=O) groups is 2. The summed E-state index contributed by atoms with van der Waals surface area (Å²) in [5.41, 5.74) is 0.290. The van der Waals surface area contributed by atoms with Crippen LogP contribution >= 0.6 is 0 Å². The fraction of sp³-hybridized carbons (Fsp3) is 0.545. The van der Waals surface area contributed by atoms with Crippen molar-refractivity contribution in [2.45, 2.75) is 32.7 Å². The Morgan fingerprint density at radius 3 is 2.62 bits per heavy atom. The van der Waals surface area contributed by atoms with Crippen LogP contribution in [-0.2, 0) is 0 Å². The maximum Gasteiger partial charge on any atom is 0.357 e. The molecule has 0 unspecified atom stereocenters. The number of nitrogens with zero attached hydrogens (tertiary/aromatic N) is 2. The van der Waals surface area contributed by atoms with Crippen molar-refractivity contribution in [1.82, 2.24) is 9.78 Å². The van der Waals surface area contributed by atoms with Gasteiger partial charge in [-0.1, -0.05) is 13.8 Å². The number of hydrogen-bond acceptors (Lipinski definition) is 3. The largest absolute Gasteiger partial charge is 0.476 e. The first-order valence-electron chi connectivity index (χ1n) is 5.20. The molecule has 16 heavy (non-hydrogen) atoms. The van der Waals surface area contributed by atoms with Crippen molar-refractivity contribution >= 4 is 12.3 Å². The second-order valence-electron chi connectivity index (χ2n) is 5.06. The molecule has 5 heteroatoms. The van der Waals surface area contributed by atoms with Gasteiger partial charge in [0.15, 0.2) is 12.0 Å². The molecule has 86 valence electrons. The van der Waals surface area contributed by atoms with Gasteiger partial charge in [0, 0.05) is 6.20 Å². The SMILES string of the molecule is CC1(C)CC(n2cc(C=O)c(C(=O)O)n2)C1. The van der Waals surface area contributed by atoms with E-state index in [1.165, 1.54) is 6.20 Å². The Labute approximate surface area is 93.1 Å². The molecular formula is C11H14N2O3. The molecule has 0 bridgehead atoms. The number of aromatic nitrogens is 2. The smallest absolute Gasteiger partial charge is 0.357 e. The van der Waals surface area contributed by atoms with E-state index in [0.29, 0.717) is 11.7 Å². The van der Waals surface area contributed by atoms with Gasteiger partial charge >= 0.3 is 5.97 Å². The fourth-order valence-corrected chi connectivity index (χ4v) is 2.25. The van der Waals surface area contributed by atoms with E-state index >= 15 is 0 Å². The highest BCUT2D eigenvalue weighted by Gasteiger charge is 2.38. The van der Waals surface area contributed by atoms with Crippen LogP contribution in [0.3, 0.4) is 0 Å². The quantitative estimate of drug-likeness (QED) is 0.791.